The molecule has 14 heavy (non-hydrogen) atoms. The van der Waals surface area contributed by atoms with Crippen molar-refractivity contribution in [2.24, 2.45) is 17.6 Å². The second-order valence-corrected chi connectivity index (χ2v) is 5.33. The largest absolute Gasteiger partial charge is 0.351 e. The van der Waals surface area contributed by atoms with Crippen LogP contribution >= 0.6 is 0 Å². The van der Waals surface area contributed by atoms with Crippen molar-refractivity contribution in [3.8, 4) is 0 Å². The van der Waals surface area contributed by atoms with Gasteiger partial charge in [-0.25, -0.2) is 0 Å². The Morgan fingerprint density at radius 1 is 1.21 bits per heavy atom. The normalized spacial score (nSPS) is 29.0. The summed E-state index contributed by atoms with van der Waals surface area (Å²) in [5.74, 6) is 1.66. The van der Waals surface area contributed by atoms with Crippen LogP contribution in [0.15, 0.2) is 0 Å². The van der Waals surface area contributed by atoms with E-state index < -0.39 is 5.54 Å². The van der Waals surface area contributed by atoms with Crippen LogP contribution in [0.3, 0.4) is 0 Å². The molecule has 0 aromatic rings. The molecular weight excluding hydrogens is 176 g/mol. The Labute approximate surface area is 84.4 Å². The van der Waals surface area contributed by atoms with Gasteiger partial charge >= 0.3 is 0 Å². The summed E-state index contributed by atoms with van der Waals surface area (Å²) in [5, 5.41) is 3.18. The van der Waals surface area contributed by atoms with Gasteiger partial charge in [-0.15, -0.1) is 0 Å². The van der Waals surface area contributed by atoms with E-state index in [4.69, 9.17) is 5.73 Å². The molecule has 1 amide bonds. The molecule has 0 aromatic heterocycles. The number of nitrogens with one attached hydrogen (secondary N) is 1. The lowest BCUT2D eigenvalue weighted by atomic mass is 10.1. The maximum Gasteiger partial charge on any atom is 0.240 e. The molecule has 3 fully saturated rings. The number of carbonyl (C=O) groups is 1. The molecule has 0 unspecified atom stereocenters. The van der Waals surface area contributed by atoms with Crippen LogP contribution in [-0.2, 0) is 4.79 Å². The number of hydrogen-bond acceptors (Lipinski definition) is 2. The average Bonchev–Trinajstić information content (AvgIpc) is 2.95. The molecule has 3 aliphatic carbocycles. The molecule has 0 bridgehead atoms. The van der Waals surface area contributed by atoms with Crippen molar-refractivity contribution in [3.63, 3.8) is 0 Å². The minimum atomic E-state index is -0.484. The number of carbonyl (C=O) groups excluding carboxylic acids is 1. The van der Waals surface area contributed by atoms with Gasteiger partial charge in [-0.1, -0.05) is 0 Å². The summed E-state index contributed by atoms with van der Waals surface area (Å²) in [6.45, 7) is 0. The van der Waals surface area contributed by atoms with E-state index >= 15 is 0 Å². The van der Waals surface area contributed by atoms with Crippen molar-refractivity contribution in [1.29, 1.82) is 0 Å². The molecule has 3 N–H and O–H groups in total. The second kappa shape index (κ2) is 2.72. The quantitative estimate of drug-likeness (QED) is 0.695. The Bertz CT molecular complexity index is 252. The topological polar surface area (TPSA) is 55.1 Å². The molecule has 3 nitrogen and oxygen atoms in total. The molecule has 0 aromatic carbocycles. The van der Waals surface area contributed by atoms with Gasteiger partial charge in [-0.2, -0.15) is 0 Å². The zero-order chi connectivity index (χ0) is 9.76. The van der Waals surface area contributed by atoms with Crippen LogP contribution in [0.5, 0.6) is 0 Å². The fourth-order valence-electron chi connectivity index (χ4n) is 2.19. The van der Waals surface area contributed by atoms with E-state index in [0.29, 0.717) is 6.04 Å². The maximum atomic E-state index is 11.8. The van der Waals surface area contributed by atoms with Crippen LogP contribution in [0.2, 0.25) is 0 Å². The van der Waals surface area contributed by atoms with Crippen LogP contribution in [0.1, 0.15) is 38.5 Å². The molecular formula is C11H18N2O. The molecule has 0 heterocycles. The Hall–Kier alpha value is -0.570. The third kappa shape index (κ3) is 1.54. The first kappa shape index (κ1) is 8.72. The van der Waals surface area contributed by atoms with Gasteiger partial charge in [-0.3, -0.25) is 4.79 Å². The Morgan fingerprint density at radius 2 is 1.71 bits per heavy atom. The number of amides is 1. The summed E-state index contributed by atoms with van der Waals surface area (Å²) < 4.78 is 0. The van der Waals surface area contributed by atoms with Gasteiger partial charge in [0.1, 0.15) is 0 Å². The smallest absolute Gasteiger partial charge is 0.240 e. The van der Waals surface area contributed by atoms with E-state index in [0.717, 1.165) is 24.7 Å². The summed E-state index contributed by atoms with van der Waals surface area (Å²) in [7, 11) is 0. The third-order valence-electron chi connectivity index (χ3n) is 3.80. The SMILES string of the molecule is NC1(C(=O)NC(C2CC2)C2CC2)CC1. The molecule has 0 aliphatic heterocycles. The molecule has 0 radical (unpaired) electrons. The predicted molar refractivity (Wildman–Crippen MR) is 53.5 cm³/mol. The van der Waals surface area contributed by atoms with Gasteiger partial charge in [0.15, 0.2) is 0 Å². The minimum Gasteiger partial charge on any atom is -0.351 e. The van der Waals surface area contributed by atoms with Crippen LogP contribution in [0.25, 0.3) is 0 Å². The van der Waals surface area contributed by atoms with E-state index in [1.807, 2.05) is 0 Å². The predicted octanol–water partition coefficient (Wildman–Crippen LogP) is 0.782. The van der Waals surface area contributed by atoms with Crippen molar-refractivity contribution < 1.29 is 4.79 Å². The fourth-order valence-corrected chi connectivity index (χ4v) is 2.19. The maximum absolute atomic E-state index is 11.8. The summed E-state index contributed by atoms with van der Waals surface area (Å²) in [5.41, 5.74) is 5.38. The van der Waals surface area contributed by atoms with Gasteiger partial charge in [0.25, 0.3) is 0 Å². The lowest BCUT2D eigenvalue weighted by Crippen LogP contribution is -2.48. The summed E-state index contributed by atoms with van der Waals surface area (Å²) in [6.07, 6.45) is 6.97. The molecule has 3 heteroatoms. The van der Waals surface area contributed by atoms with Crippen molar-refractivity contribution in [3.05, 3.63) is 0 Å². The third-order valence-corrected chi connectivity index (χ3v) is 3.80. The Balaban J connectivity index is 1.60. The van der Waals surface area contributed by atoms with E-state index in [1.165, 1.54) is 25.7 Å². The van der Waals surface area contributed by atoms with Crippen molar-refractivity contribution >= 4 is 5.91 Å². The van der Waals surface area contributed by atoms with E-state index in [1.54, 1.807) is 0 Å². The van der Waals surface area contributed by atoms with E-state index in [-0.39, 0.29) is 5.91 Å². The molecule has 0 saturated heterocycles. The Kier molecular flexibility index (Phi) is 1.69. The summed E-state index contributed by atoms with van der Waals surface area (Å²) >= 11 is 0. The summed E-state index contributed by atoms with van der Waals surface area (Å²) in [6, 6.07) is 0.462. The van der Waals surface area contributed by atoms with Gasteiger partial charge in [0.2, 0.25) is 5.91 Å². The van der Waals surface area contributed by atoms with Gasteiger partial charge in [0, 0.05) is 6.04 Å². The van der Waals surface area contributed by atoms with E-state index in [2.05, 4.69) is 5.32 Å². The van der Waals surface area contributed by atoms with Gasteiger partial charge in [-0.05, 0) is 50.4 Å². The highest BCUT2D eigenvalue weighted by Crippen LogP contribution is 2.45. The van der Waals surface area contributed by atoms with Crippen molar-refractivity contribution in [2.75, 3.05) is 0 Å². The van der Waals surface area contributed by atoms with Crippen LogP contribution in [0, 0.1) is 11.8 Å². The first-order valence-corrected chi connectivity index (χ1v) is 5.79. The second-order valence-electron chi connectivity index (χ2n) is 5.33. The zero-order valence-electron chi connectivity index (χ0n) is 8.46. The number of hydrogen-bond donors (Lipinski definition) is 2. The minimum absolute atomic E-state index is 0.112. The van der Waals surface area contributed by atoms with E-state index in [9.17, 15) is 4.79 Å². The Morgan fingerprint density at radius 3 is 2.07 bits per heavy atom. The number of rotatable bonds is 4. The molecule has 3 saturated carbocycles. The molecule has 78 valence electrons. The lowest BCUT2D eigenvalue weighted by Gasteiger charge is -2.20. The van der Waals surface area contributed by atoms with Crippen LogP contribution < -0.4 is 11.1 Å². The van der Waals surface area contributed by atoms with Crippen molar-refractivity contribution in [1.82, 2.24) is 5.32 Å². The first-order valence-electron chi connectivity index (χ1n) is 5.79. The molecule has 0 atom stereocenters. The van der Waals surface area contributed by atoms with Crippen molar-refractivity contribution in [2.45, 2.75) is 50.1 Å². The summed E-state index contributed by atoms with van der Waals surface area (Å²) in [4.78, 5) is 11.8. The lowest BCUT2D eigenvalue weighted by molar-refractivity contribution is -0.124. The standard InChI is InChI=1S/C11H18N2O/c12-11(5-6-11)10(14)13-9(7-1-2-7)8-3-4-8/h7-9H,1-6,12H2,(H,13,14). The zero-order valence-corrected chi connectivity index (χ0v) is 8.46. The molecule has 3 rings (SSSR count). The number of nitrogens with two attached hydrogens (primary N) is 1. The molecule has 3 aliphatic rings. The van der Waals surface area contributed by atoms with Crippen LogP contribution in [0.4, 0.5) is 0 Å². The molecule has 0 spiro atoms. The highest BCUT2D eigenvalue weighted by Gasteiger charge is 2.49. The van der Waals surface area contributed by atoms with Crippen LogP contribution in [-0.4, -0.2) is 17.5 Å². The highest BCUT2D eigenvalue weighted by atomic mass is 16.2. The fraction of sp³-hybridized carbons (Fsp3) is 0.909. The monoisotopic (exact) mass is 194 g/mol. The highest BCUT2D eigenvalue weighted by molar-refractivity contribution is 5.89. The van der Waals surface area contributed by atoms with Gasteiger partial charge < -0.3 is 11.1 Å². The van der Waals surface area contributed by atoms with Gasteiger partial charge in [0.05, 0.1) is 5.54 Å². The average molecular weight is 194 g/mol. The first-order chi connectivity index (χ1) is 6.69.